The van der Waals surface area contributed by atoms with E-state index in [9.17, 15) is 0 Å². The standard InChI is InChI=1S/C32H44FNO2S.2C2H6/c1-22(2)30-26(20-35-19-24-15-11-10-12-16-24)29(25-17-13-14-18-28(25)33)27(31(34-30)23(3)4)21-36-37(8,9)32(5,6)7;2*1-2/h10-18,22-23H,19-21H2,1-9H3;2*1-2H3. The summed E-state index contributed by atoms with van der Waals surface area (Å²) in [4.78, 5) is 5.20. The van der Waals surface area contributed by atoms with Crippen molar-refractivity contribution in [3.63, 3.8) is 0 Å². The Morgan fingerprint density at radius 2 is 1.22 bits per heavy atom. The molecule has 0 atom stereocenters. The van der Waals surface area contributed by atoms with Crippen LogP contribution >= 0.6 is 10.3 Å². The molecule has 0 unspecified atom stereocenters. The normalized spacial score (nSPS) is 12.0. The highest BCUT2D eigenvalue weighted by molar-refractivity contribution is 8.29. The third kappa shape index (κ3) is 9.94. The molecule has 0 spiro atoms. The highest BCUT2D eigenvalue weighted by Gasteiger charge is 2.31. The number of ether oxygens (including phenoxy) is 1. The molecule has 2 aromatic carbocycles. The van der Waals surface area contributed by atoms with Crippen LogP contribution in [0.15, 0.2) is 54.6 Å². The van der Waals surface area contributed by atoms with Crippen molar-refractivity contribution < 1.29 is 13.3 Å². The monoisotopic (exact) mass is 585 g/mol. The van der Waals surface area contributed by atoms with E-state index in [1.165, 1.54) is 6.07 Å². The van der Waals surface area contributed by atoms with Crippen molar-refractivity contribution in [1.29, 1.82) is 0 Å². The Hall–Kier alpha value is -2.21. The van der Waals surface area contributed by atoms with E-state index in [1.54, 1.807) is 6.07 Å². The van der Waals surface area contributed by atoms with Crippen LogP contribution in [-0.4, -0.2) is 22.2 Å². The first-order valence-electron chi connectivity index (χ1n) is 15.1. The van der Waals surface area contributed by atoms with E-state index in [1.807, 2.05) is 58.0 Å². The van der Waals surface area contributed by atoms with E-state index in [2.05, 4.69) is 73.1 Å². The second-order valence-corrected chi connectivity index (χ2v) is 15.5. The Morgan fingerprint density at radius 3 is 1.71 bits per heavy atom. The third-order valence-corrected chi connectivity index (χ3v) is 10.7. The van der Waals surface area contributed by atoms with Crippen LogP contribution in [-0.2, 0) is 28.7 Å². The van der Waals surface area contributed by atoms with Crippen LogP contribution in [0.1, 0.15) is 116 Å². The molecule has 0 aliphatic rings. The van der Waals surface area contributed by atoms with Gasteiger partial charge in [-0.15, -0.1) is 10.3 Å². The Bertz CT molecular complexity index is 1180. The maximum atomic E-state index is 15.5. The SMILES string of the molecule is CC.CC.CC(C)c1nc(C(C)C)c(COS(C)(C)C(C)(C)C)c(-c2ccccc2F)c1COCc1ccccc1. The first-order valence-corrected chi connectivity index (χ1v) is 17.5. The molecule has 1 heterocycles. The maximum Gasteiger partial charge on any atom is 0.131 e. The fourth-order valence-corrected chi connectivity index (χ4v) is 4.93. The summed E-state index contributed by atoms with van der Waals surface area (Å²) in [6.45, 7) is 24.4. The molecule has 3 aromatic rings. The molecule has 3 rings (SSSR count). The minimum absolute atomic E-state index is 0.0100. The zero-order valence-electron chi connectivity index (χ0n) is 28.0. The van der Waals surface area contributed by atoms with Gasteiger partial charge in [0.25, 0.3) is 0 Å². The number of aromatic nitrogens is 1. The summed E-state index contributed by atoms with van der Waals surface area (Å²) < 4.78 is 28.4. The van der Waals surface area contributed by atoms with Crippen molar-refractivity contribution in [3.8, 4) is 11.1 Å². The second-order valence-electron chi connectivity index (χ2n) is 11.6. The first kappa shape index (κ1) is 36.8. The van der Waals surface area contributed by atoms with Crippen LogP contribution in [0.25, 0.3) is 11.1 Å². The van der Waals surface area contributed by atoms with E-state index in [0.29, 0.717) is 25.4 Å². The van der Waals surface area contributed by atoms with Gasteiger partial charge in [-0.2, -0.15) is 0 Å². The molecule has 3 nitrogen and oxygen atoms in total. The minimum Gasteiger partial charge on any atom is -0.372 e. The quantitative estimate of drug-likeness (QED) is 0.237. The number of pyridine rings is 1. The topological polar surface area (TPSA) is 31.4 Å². The molecular formula is C36H56FNO2S. The fraction of sp³-hybridized carbons (Fsp3) is 0.528. The van der Waals surface area contributed by atoms with Crippen molar-refractivity contribution in [3.05, 3.63) is 88.5 Å². The molecular weight excluding hydrogens is 529 g/mol. The zero-order valence-corrected chi connectivity index (χ0v) is 28.8. The van der Waals surface area contributed by atoms with Crippen molar-refractivity contribution in [2.45, 2.75) is 113 Å². The molecule has 0 N–H and O–H groups in total. The predicted octanol–water partition coefficient (Wildman–Crippen LogP) is 11.2. The lowest BCUT2D eigenvalue weighted by Gasteiger charge is -2.44. The average molecular weight is 586 g/mol. The summed E-state index contributed by atoms with van der Waals surface area (Å²) in [6.07, 6.45) is 4.40. The number of hydrogen-bond donors (Lipinski definition) is 0. The highest BCUT2D eigenvalue weighted by atomic mass is 32.3. The largest absolute Gasteiger partial charge is 0.372 e. The zero-order chi connectivity index (χ0) is 31.4. The maximum absolute atomic E-state index is 15.5. The molecule has 0 saturated carbocycles. The summed E-state index contributed by atoms with van der Waals surface area (Å²) >= 11 is 0. The van der Waals surface area contributed by atoms with Crippen LogP contribution in [0.4, 0.5) is 4.39 Å². The second kappa shape index (κ2) is 17.0. The summed E-state index contributed by atoms with van der Waals surface area (Å²) in [5.74, 6) is 0.0738. The van der Waals surface area contributed by atoms with Crippen molar-refractivity contribution >= 4 is 10.3 Å². The number of nitrogens with zero attached hydrogens (tertiary/aromatic N) is 1. The fourth-order valence-electron chi connectivity index (χ4n) is 4.17. The Labute approximate surface area is 252 Å². The van der Waals surface area contributed by atoms with Crippen LogP contribution < -0.4 is 0 Å². The van der Waals surface area contributed by atoms with Gasteiger partial charge >= 0.3 is 0 Å². The number of rotatable bonds is 10. The Kier molecular flexibility index (Phi) is 15.3. The molecule has 0 fully saturated rings. The highest BCUT2D eigenvalue weighted by Crippen LogP contribution is 2.55. The molecule has 41 heavy (non-hydrogen) atoms. The summed E-state index contributed by atoms with van der Waals surface area (Å²) in [6, 6.07) is 17.2. The number of hydrogen-bond acceptors (Lipinski definition) is 3. The van der Waals surface area contributed by atoms with E-state index in [0.717, 1.165) is 33.6 Å². The third-order valence-electron chi connectivity index (χ3n) is 7.03. The van der Waals surface area contributed by atoms with Gasteiger partial charge in [-0.1, -0.05) is 125 Å². The van der Waals surface area contributed by atoms with Crippen LogP contribution in [0, 0.1) is 5.82 Å². The predicted molar refractivity (Wildman–Crippen MR) is 179 cm³/mol. The van der Waals surface area contributed by atoms with Gasteiger partial charge in [-0.3, -0.25) is 4.98 Å². The Balaban J connectivity index is 0.00000201. The lowest BCUT2D eigenvalue weighted by atomic mass is 9.87. The van der Waals surface area contributed by atoms with Gasteiger partial charge in [-0.25, -0.2) is 4.39 Å². The van der Waals surface area contributed by atoms with Crippen molar-refractivity contribution in [2.24, 2.45) is 0 Å². The molecule has 1 aromatic heterocycles. The van der Waals surface area contributed by atoms with Crippen molar-refractivity contribution in [2.75, 3.05) is 12.5 Å². The molecule has 0 amide bonds. The molecule has 230 valence electrons. The number of halogens is 1. The van der Waals surface area contributed by atoms with Gasteiger partial charge in [0, 0.05) is 32.8 Å². The summed E-state index contributed by atoms with van der Waals surface area (Å²) in [7, 11) is -1.39. The van der Waals surface area contributed by atoms with Crippen molar-refractivity contribution in [1.82, 2.24) is 4.98 Å². The van der Waals surface area contributed by atoms with Gasteiger partial charge in [0.2, 0.25) is 0 Å². The summed E-state index contributed by atoms with van der Waals surface area (Å²) in [5, 5.41) is 0. The van der Waals surface area contributed by atoms with E-state index < -0.39 is 10.3 Å². The number of benzene rings is 2. The molecule has 0 aliphatic heterocycles. The van der Waals surface area contributed by atoms with Crippen LogP contribution in [0.5, 0.6) is 0 Å². The van der Waals surface area contributed by atoms with Crippen LogP contribution in [0.3, 0.4) is 0 Å². The molecule has 0 aliphatic carbocycles. The van der Waals surface area contributed by atoms with E-state index in [-0.39, 0.29) is 22.4 Å². The van der Waals surface area contributed by atoms with Gasteiger partial charge in [0.15, 0.2) is 0 Å². The Morgan fingerprint density at radius 1 is 0.732 bits per heavy atom. The van der Waals surface area contributed by atoms with Crippen LogP contribution in [0.2, 0.25) is 0 Å². The molecule has 0 radical (unpaired) electrons. The minimum atomic E-state index is -1.39. The van der Waals surface area contributed by atoms with Gasteiger partial charge in [-0.05, 0) is 41.5 Å². The summed E-state index contributed by atoms with van der Waals surface area (Å²) in [5.41, 5.74) is 6.40. The van der Waals surface area contributed by atoms with Gasteiger partial charge in [0.05, 0.1) is 19.8 Å². The van der Waals surface area contributed by atoms with E-state index in [4.69, 9.17) is 13.9 Å². The van der Waals surface area contributed by atoms with Gasteiger partial charge < -0.3 is 8.92 Å². The molecule has 0 bridgehead atoms. The lowest BCUT2D eigenvalue weighted by Crippen LogP contribution is -2.25. The smallest absolute Gasteiger partial charge is 0.131 e. The lowest BCUT2D eigenvalue weighted by molar-refractivity contribution is 0.106. The van der Waals surface area contributed by atoms with E-state index >= 15 is 4.39 Å². The molecule has 5 heteroatoms. The van der Waals surface area contributed by atoms with Gasteiger partial charge in [0.1, 0.15) is 5.82 Å². The molecule has 0 saturated heterocycles. The average Bonchev–Trinajstić information content (AvgIpc) is 2.94. The first-order chi connectivity index (χ1) is 19.3.